The number of hydroxylamine groups is 2. The van der Waals surface area contributed by atoms with E-state index in [9.17, 15) is 5.21 Å². The first-order valence-electron chi connectivity index (χ1n) is 12.1. The zero-order valence-electron chi connectivity index (χ0n) is 19.1. The van der Waals surface area contributed by atoms with Crippen LogP contribution in [0.1, 0.15) is 118 Å². The van der Waals surface area contributed by atoms with Gasteiger partial charge in [0.25, 0.3) is 0 Å². The molecule has 0 aromatic carbocycles. The van der Waals surface area contributed by atoms with Gasteiger partial charge in [0.2, 0.25) is 0 Å². The largest absolute Gasteiger partial charge is 0.346 e. The van der Waals surface area contributed by atoms with Crippen molar-refractivity contribution < 1.29 is 14.7 Å². The molecule has 2 saturated carbocycles. The molecule has 1 aliphatic heterocycles. The van der Waals surface area contributed by atoms with E-state index in [-0.39, 0.29) is 17.0 Å². The van der Waals surface area contributed by atoms with Crippen LogP contribution in [-0.2, 0) is 9.47 Å². The van der Waals surface area contributed by atoms with E-state index in [1.165, 1.54) is 38.5 Å². The number of hydrogen-bond donors (Lipinski definition) is 1. The van der Waals surface area contributed by atoms with E-state index in [1.54, 1.807) is 5.06 Å². The SMILES string of the molecule is CCC1(C)CC(OC2CCCCC2)(OC2CCCCC2)C(C)C(C)(CC)N1O. The minimum absolute atomic E-state index is 0.110. The quantitative estimate of drug-likeness (QED) is 0.525. The van der Waals surface area contributed by atoms with Gasteiger partial charge in [-0.05, 0) is 52.4 Å². The van der Waals surface area contributed by atoms with Gasteiger partial charge in [0.1, 0.15) is 0 Å². The molecule has 0 aromatic heterocycles. The summed E-state index contributed by atoms with van der Waals surface area (Å²) in [4.78, 5) is 0. The molecule has 3 unspecified atom stereocenters. The number of rotatable bonds is 6. The van der Waals surface area contributed by atoms with E-state index in [0.29, 0.717) is 12.2 Å². The summed E-state index contributed by atoms with van der Waals surface area (Å²) in [6.07, 6.45) is 15.4. The summed E-state index contributed by atoms with van der Waals surface area (Å²) in [5.41, 5.74) is -0.688. The predicted octanol–water partition coefficient (Wildman–Crippen LogP) is 6.45. The Balaban J connectivity index is 1.95. The van der Waals surface area contributed by atoms with E-state index >= 15 is 0 Å². The molecule has 4 nitrogen and oxygen atoms in total. The van der Waals surface area contributed by atoms with Crippen LogP contribution in [0.4, 0.5) is 0 Å². The van der Waals surface area contributed by atoms with Crippen LogP contribution in [0.3, 0.4) is 0 Å². The van der Waals surface area contributed by atoms with Gasteiger partial charge >= 0.3 is 0 Å². The van der Waals surface area contributed by atoms with E-state index in [4.69, 9.17) is 9.47 Å². The van der Waals surface area contributed by atoms with Gasteiger partial charge < -0.3 is 14.7 Å². The van der Waals surface area contributed by atoms with Gasteiger partial charge in [-0.15, -0.1) is 0 Å². The highest BCUT2D eigenvalue weighted by Gasteiger charge is 2.62. The second-order valence-corrected chi connectivity index (χ2v) is 10.3. The monoisotopic (exact) mass is 395 g/mol. The molecule has 2 aliphatic carbocycles. The third kappa shape index (κ3) is 4.17. The molecule has 1 saturated heterocycles. The highest BCUT2D eigenvalue weighted by atomic mass is 16.7. The molecular weight excluding hydrogens is 350 g/mol. The summed E-state index contributed by atoms with van der Waals surface area (Å²) in [6, 6.07) is 0. The molecule has 3 aliphatic rings. The second kappa shape index (κ2) is 8.91. The van der Waals surface area contributed by atoms with E-state index < -0.39 is 5.79 Å². The molecule has 3 rings (SSSR count). The van der Waals surface area contributed by atoms with Crippen LogP contribution >= 0.6 is 0 Å². The third-order valence-corrected chi connectivity index (χ3v) is 8.53. The topological polar surface area (TPSA) is 41.9 Å². The van der Waals surface area contributed by atoms with Crippen molar-refractivity contribution in [3.05, 3.63) is 0 Å². The second-order valence-electron chi connectivity index (χ2n) is 10.3. The highest BCUT2D eigenvalue weighted by Crippen LogP contribution is 2.53. The maximum atomic E-state index is 11.3. The lowest BCUT2D eigenvalue weighted by Gasteiger charge is -2.62. The van der Waals surface area contributed by atoms with Crippen LogP contribution in [-0.4, -0.2) is 39.3 Å². The molecule has 0 spiro atoms. The van der Waals surface area contributed by atoms with Crippen LogP contribution < -0.4 is 0 Å². The van der Waals surface area contributed by atoms with Crippen molar-refractivity contribution in [1.82, 2.24) is 5.06 Å². The molecule has 164 valence electrons. The Kier molecular flexibility index (Phi) is 7.17. The van der Waals surface area contributed by atoms with Crippen molar-refractivity contribution in [2.75, 3.05) is 0 Å². The standard InChI is InChI=1S/C24H45NO3/c1-6-22(4)18-24(27-20-14-10-8-11-15-20,28-21-16-12-9-13-17-21)19(3)23(5,7-2)25(22)26/h19-21,26H,6-18H2,1-5H3. The molecule has 1 heterocycles. The zero-order chi connectivity index (χ0) is 20.4. The number of hydrogen-bond acceptors (Lipinski definition) is 4. The van der Waals surface area contributed by atoms with E-state index in [0.717, 1.165) is 44.9 Å². The number of nitrogens with zero attached hydrogens (tertiary/aromatic N) is 1. The molecule has 0 amide bonds. The molecule has 1 N–H and O–H groups in total. The predicted molar refractivity (Wildman–Crippen MR) is 113 cm³/mol. The van der Waals surface area contributed by atoms with Crippen molar-refractivity contribution in [2.45, 2.75) is 147 Å². The van der Waals surface area contributed by atoms with Gasteiger partial charge in [-0.3, -0.25) is 0 Å². The Morgan fingerprint density at radius 1 is 0.821 bits per heavy atom. The first-order chi connectivity index (χ1) is 13.3. The first kappa shape index (κ1) is 22.5. The fourth-order valence-electron chi connectivity index (χ4n) is 6.01. The van der Waals surface area contributed by atoms with Crippen LogP contribution in [0, 0.1) is 5.92 Å². The van der Waals surface area contributed by atoms with Crippen molar-refractivity contribution >= 4 is 0 Å². The van der Waals surface area contributed by atoms with Gasteiger partial charge in [-0.25, -0.2) is 0 Å². The molecule has 0 radical (unpaired) electrons. The van der Waals surface area contributed by atoms with E-state index in [2.05, 4.69) is 34.6 Å². The first-order valence-corrected chi connectivity index (χ1v) is 12.1. The minimum atomic E-state index is -0.598. The molecule has 3 atom stereocenters. The average Bonchev–Trinajstić information content (AvgIpc) is 2.72. The smallest absolute Gasteiger partial charge is 0.175 e. The lowest BCUT2D eigenvalue weighted by atomic mass is 9.67. The maximum absolute atomic E-state index is 11.3. The summed E-state index contributed by atoms with van der Waals surface area (Å²) in [6.45, 7) is 11.0. The Labute approximate surface area is 173 Å². The average molecular weight is 396 g/mol. The maximum Gasteiger partial charge on any atom is 0.175 e. The molecule has 4 heteroatoms. The Hall–Kier alpha value is -0.160. The van der Waals surface area contributed by atoms with E-state index in [1.807, 2.05) is 0 Å². The zero-order valence-corrected chi connectivity index (χ0v) is 19.1. The van der Waals surface area contributed by atoms with Gasteiger partial charge in [0, 0.05) is 17.9 Å². The van der Waals surface area contributed by atoms with Crippen LogP contribution in [0.15, 0.2) is 0 Å². The Bertz CT molecular complexity index is 480. The lowest BCUT2D eigenvalue weighted by molar-refractivity contribution is -0.393. The van der Waals surface area contributed by atoms with Gasteiger partial charge in [-0.2, -0.15) is 5.06 Å². The van der Waals surface area contributed by atoms with Gasteiger partial charge in [0.05, 0.1) is 17.7 Å². The van der Waals surface area contributed by atoms with Crippen molar-refractivity contribution in [3.63, 3.8) is 0 Å². The summed E-state index contributed by atoms with van der Waals surface area (Å²) in [5.74, 6) is -0.489. The van der Waals surface area contributed by atoms with Crippen LogP contribution in [0.5, 0.6) is 0 Å². The van der Waals surface area contributed by atoms with Crippen molar-refractivity contribution in [1.29, 1.82) is 0 Å². The molecule has 0 bridgehead atoms. The van der Waals surface area contributed by atoms with Crippen molar-refractivity contribution in [2.24, 2.45) is 5.92 Å². The van der Waals surface area contributed by atoms with Gasteiger partial charge in [0.15, 0.2) is 5.79 Å². The lowest BCUT2D eigenvalue weighted by Crippen LogP contribution is -2.72. The Morgan fingerprint density at radius 2 is 1.29 bits per heavy atom. The summed E-state index contributed by atoms with van der Waals surface area (Å²) < 4.78 is 14.0. The summed E-state index contributed by atoms with van der Waals surface area (Å²) in [7, 11) is 0. The summed E-state index contributed by atoms with van der Waals surface area (Å²) >= 11 is 0. The molecule has 28 heavy (non-hydrogen) atoms. The number of piperidine rings is 1. The fourth-order valence-corrected chi connectivity index (χ4v) is 6.01. The van der Waals surface area contributed by atoms with Crippen LogP contribution in [0.2, 0.25) is 0 Å². The molecule has 3 fully saturated rings. The van der Waals surface area contributed by atoms with Gasteiger partial charge in [-0.1, -0.05) is 59.3 Å². The Morgan fingerprint density at radius 3 is 1.68 bits per heavy atom. The normalized spacial score (nSPS) is 38.6. The fraction of sp³-hybridized carbons (Fsp3) is 1.00. The molecular formula is C24H45NO3. The molecule has 0 aromatic rings. The van der Waals surface area contributed by atoms with Crippen LogP contribution in [0.25, 0.3) is 0 Å². The summed E-state index contributed by atoms with van der Waals surface area (Å²) in [5, 5.41) is 12.9. The minimum Gasteiger partial charge on any atom is -0.346 e. The van der Waals surface area contributed by atoms with Crippen molar-refractivity contribution in [3.8, 4) is 0 Å². The third-order valence-electron chi connectivity index (χ3n) is 8.53. The number of ether oxygens (including phenoxy) is 2. The highest BCUT2D eigenvalue weighted by molar-refractivity contribution is 5.08.